The van der Waals surface area contributed by atoms with Gasteiger partial charge in [0.15, 0.2) is 0 Å². The monoisotopic (exact) mass is 309 g/mol. The van der Waals surface area contributed by atoms with Crippen molar-refractivity contribution in [1.82, 2.24) is 4.98 Å². The number of anilines is 2. The minimum Gasteiger partial charge on any atom is -0.312 e. The number of aryl methyl sites for hydroxylation is 2. The summed E-state index contributed by atoms with van der Waals surface area (Å²) in [6.07, 6.45) is 1.85. The number of carbonyl (C=O) groups excluding carboxylic acids is 2. The van der Waals surface area contributed by atoms with Crippen LogP contribution in [0.15, 0.2) is 42.6 Å². The normalized spacial score (nSPS) is 17.4. The molecule has 0 spiro atoms. The van der Waals surface area contributed by atoms with E-state index in [1.165, 1.54) is 5.56 Å². The topological polar surface area (TPSA) is 62.3 Å². The van der Waals surface area contributed by atoms with Crippen LogP contribution >= 0.6 is 0 Å². The molecule has 1 aliphatic rings. The summed E-state index contributed by atoms with van der Waals surface area (Å²) in [4.78, 5) is 30.4. The summed E-state index contributed by atoms with van der Waals surface area (Å²) in [6, 6.07) is 11.3. The van der Waals surface area contributed by atoms with Gasteiger partial charge in [-0.1, -0.05) is 12.1 Å². The lowest BCUT2D eigenvalue weighted by molar-refractivity contribution is -0.122. The van der Waals surface area contributed by atoms with Gasteiger partial charge in [-0.2, -0.15) is 0 Å². The van der Waals surface area contributed by atoms with Crippen LogP contribution in [0.25, 0.3) is 0 Å². The van der Waals surface area contributed by atoms with E-state index in [9.17, 15) is 9.59 Å². The fraction of sp³-hybridized carbons (Fsp3) is 0.278. The molecule has 0 radical (unpaired) electrons. The maximum absolute atomic E-state index is 12.3. The summed E-state index contributed by atoms with van der Waals surface area (Å²) >= 11 is 0. The fourth-order valence-corrected chi connectivity index (χ4v) is 2.69. The van der Waals surface area contributed by atoms with Gasteiger partial charge in [-0.05, 0) is 49.2 Å². The third-order valence-corrected chi connectivity index (χ3v) is 4.21. The van der Waals surface area contributed by atoms with Crippen LogP contribution in [-0.4, -0.2) is 23.3 Å². The fourth-order valence-electron chi connectivity index (χ4n) is 2.69. The minimum absolute atomic E-state index is 0.0191. The van der Waals surface area contributed by atoms with Gasteiger partial charge in [-0.25, -0.2) is 4.98 Å². The molecule has 1 N–H and O–H groups in total. The lowest BCUT2D eigenvalue weighted by Gasteiger charge is -2.18. The van der Waals surface area contributed by atoms with Gasteiger partial charge >= 0.3 is 0 Å². The first-order valence-corrected chi connectivity index (χ1v) is 7.64. The van der Waals surface area contributed by atoms with E-state index in [4.69, 9.17) is 0 Å². The molecule has 2 amide bonds. The maximum atomic E-state index is 12.3. The van der Waals surface area contributed by atoms with Crippen LogP contribution in [0.4, 0.5) is 11.5 Å². The van der Waals surface area contributed by atoms with Crippen LogP contribution < -0.4 is 10.2 Å². The van der Waals surface area contributed by atoms with Crippen LogP contribution in [0.5, 0.6) is 0 Å². The van der Waals surface area contributed by atoms with Crippen molar-refractivity contribution in [2.75, 3.05) is 16.8 Å². The standard InChI is InChI=1S/C18H19N3O2/c1-12-6-7-15(9-13(12)2)21-11-14(10-17(21)22)18(23)20-16-5-3-4-8-19-16/h3-9,14H,10-11H2,1-2H3,(H,19,20,23)/t14-/m1/s1. The second kappa shape index (κ2) is 6.20. The number of carbonyl (C=O) groups is 2. The zero-order chi connectivity index (χ0) is 16.4. The molecule has 1 aromatic heterocycles. The molecule has 0 saturated carbocycles. The van der Waals surface area contributed by atoms with Crippen LogP contribution in [0.2, 0.25) is 0 Å². The Hall–Kier alpha value is -2.69. The number of aromatic nitrogens is 1. The molecule has 5 heteroatoms. The van der Waals surface area contributed by atoms with E-state index in [-0.39, 0.29) is 24.2 Å². The number of amides is 2. The van der Waals surface area contributed by atoms with E-state index in [2.05, 4.69) is 10.3 Å². The predicted octanol–water partition coefficient (Wildman–Crippen LogP) is 2.69. The number of hydrogen-bond acceptors (Lipinski definition) is 3. The molecule has 2 heterocycles. The molecule has 2 aromatic rings. The predicted molar refractivity (Wildman–Crippen MR) is 89.2 cm³/mol. The maximum Gasteiger partial charge on any atom is 0.230 e. The van der Waals surface area contributed by atoms with Crippen LogP contribution in [-0.2, 0) is 9.59 Å². The first kappa shape index (κ1) is 15.2. The molecule has 1 aromatic carbocycles. The molecule has 1 atom stereocenters. The molecular weight excluding hydrogens is 290 g/mol. The molecule has 23 heavy (non-hydrogen) atoms. The average molecular weight is 309 g/mol. The van der Waals surface area contributed by atoms with Crippen molar-refractivity contribution in [3.05, 3.63) is 53.7 Å². The SMILES string of the molecule is Cc1ccc(N2C[C@H](C(=O)Nc3ccccn3)CC2=O)cc1C. The number of benzene rings is 1. The first-order chi connectivity index (χ1) is 11.0. The number of hydrogen-bond donors (Lipinski definition) is 1. The zero-order valence-corrected chi connectivity index (χ0v) is 13.2. The third-order valence-electron chi connectivity index (χ3n) is 4.21. The van der Waals surface area contributed by atoms with E-state index in [0.717, 1.165) is 11.3 Å². The third kappa shape index (κ3) is 3.23. The lowest BCUT2D eigenvalue weighted by atomic mass is 10.1. The van der Waals surface area contributed by atoms with Gasteiger partial charge in [0, 0.05) is 24.8 Å². The number of rotatable bonds is 3. The summed E-state index contributed by atoms with van der Waals surface area (Å²) in [5.74, 6) is -0.0292. The first-order valence-electron chi connectivity index (χ1n) is 7.64. The Bertz CT molecular complexity index is 743. The molecule has 1 aliphatic heterocycles. The molecule has 0 aliphatic carbocycles. The quantitative estimate of drug-likeness (QED) is 0.948. The van der Waals surface area contributed by atoms with E-state index in [1.54, 1.807) is 23.2 Å². The van der Waals surface area contributed by atoms with Crippen molar-refractivity contribution in [3.8, 4) is 0 Å². The van der Waals surface area contributed by atoms with Crippen LogP contribution in [0.3, 0.4) is 0 Å². The Morgan fingerprint density at radius 3 is 2.74 bits per heavy atom. The highest BCUT2D eigenvalue weighted by Gasteiger charge is 2.35. The lowest BCUT2D eigenvalue weighted by Crippen LogP contribution is -2.28. The van der Waals surface area contributed by atoms with E-state index >= 15 is 0 Å². The molecule has 118 valence electrons. The summed E-state index contributed by atoms with van der Waals surface area (Å²) in [7, 11) is 0. The van der Waals surface area contributed by atoms with Gasteiger partial charge in [-0.3, -0.25) is 9.59 Å². The highest BCUT2D eigenvalue weighted by Crippen LogP contribution is 2.27. The Morgan fingerprint density at radius 1 is 1.22 bits per heavy atom. The molecule has 1 saturated heterocycles. The van der Waals surface area contributed by atoms with Gasteiger partial charge in [0.05, 0.1) is 5.92 Å². The van der Waals surface area contributed by atoms with Crippen molar-refractivity contribution in [3.63, 3.8) is 0 Å². The summed E-state index contributed by atoms with van der Waals surface area (Å²) in [5, 5.41) is 2.77. The number of nitrogens with one attached hydrogen (secondary N) is 1. The van der Waals surface area contributed by atoms with Crippen LogP contribution in [0.1, 0.15) is 17.5 Å². The molecular formula is C18H19N3O2. The van der Waals surface area contributed by atoms with Gasteiger partial charge in [0.25, 0.3) is 0 Å². The summed E-state index contributed by atoms with van der Waals surface area (Å²) in [6.45, 7) is 4.46. The smallest absolute Gasteiger partial charge is 0.230 e. The minimum atomic E-state index is -0.355. The van der Waals surface area contributed by atoms with Gasteiger partial charge < -0.3 is 10.2 Å². The largest absolute Gasteiger partial charge is 0.312 e. The average Bonchev–Trinajstić information content (AvgIpc) is 2.93. The highest BCUT2D eigenvalue weighted by atomic mass is 16.2. The molecule has 0 unspecified atom stereocenters. The van der Waals surface area contributed by atoms with Gasteiger partial charge in [-0.15, -0.1) is 0 Å². The van der Waals surface area contributed by atoms with Crippen molar-refractivity contribution in [1.29, 1.82) is 0 Å². The Morgan fingerprint density at radius 2 is 2.04 bits per heavy atom. The number of pyridine rings is 1. The molecule has 5 nitrogen and oxygen atoms in total. The second-order valence-corrected chi connectivity index (χ2v) is 5.88. The van der Waals surface area contributed by atoms with Gasteiger partial charge in [0.2, 0.25) is 11.8 Å². The van der Waals surface area contributed by atoms with Crippen molar-refractivity contribution in [2.24, 2.45) is 5.92 Å². The molecule has 1 fully saturated rings. The Kier molecular flexibility index (Phi) is 4.10. The Labute approximate surface area is 135 Å². The Balaban J connectivity index is 1.71. The van der Waals surface area contributed by atoms with Crippen molar-refractivity contribution in [2.45, 2.75) is 20.3 Å². The zero-order valence-electron chi connectivity index (χ0n) is 13.2. The molecule has 0 bridgehead atoms. The highest BCUT2D eigenvalue weighted by molar-refractivity contribution is 6.03. The summed E-state index contributed by atoms with van der Waals surface area (Å²) < 4.78 is 0. The molecule has 3 rings (SSSR count). The summed E-state index contributed by atoms with van der Waals surface area (Å²) in [5.41, 5.74) is 3.17. The van der Waals surface area contributed by atoms with E-state index < -0.39 is 0 Å². The number of nitrogens with zero attached hydrogens (tertiary/aromatic N) is 2. The van der Waals surface area contributed by atoms with Crippen molar-refractivity contribution < 1.29 is 9.59 Å². The van der Waals surface area contributed by atoms with E-state index in [1.807, 2.05) is 38.1 Å². The van der Waals surface area contributed by atoms with Gasteiger partial charge in [0.1, 0.15) is 5.82 Å². The second-order valence-electron chi connectivity index (χ2n) is 5.88. The van der Waals surface area contributed by atoms with Crippen molar-refractivity contribution >= 4 is 23.3 Å². The van der Waals surface area contributed by atoms with E-state index in [0.29, 0.717) is 12.4 Å². The van der Waals surface area contributed by atoms with Crippen LogP contribution in [0, 0.1) is 19.8 Å².